The zero-order valence-corrected chi connectivity index (χ0v) is 31.6. The summed E-state index contributed by atoms with van der Waals surface area (Å²) in [5.41, 5.74) is -2.04. The van der Waals surface area contributed by atoms with Gasteiger partial charge in [-0.25, -0.2) is 22.8 Å². The molecule has 3 aromatic rings. The number of hydrogen-bond donors (Lipinski definition) is 0. The maximum atomic E-state index is 12.1. The van der Waals surface area contributed by atoms with Gasteiger partial charge in [-0.2, -0.15) is 13.2 Å². The zero-order valence-electron chi connectivity index (χ0n) is 30.0. The largest absolute Gasteiger partial charge is 0.748 e. The molecule has 0 saturated carbocycles. The molecule has 0 spiro atoms. The third-order valence-electron chi connectivity index (χ3n) is 5.29. The van der Waals surface area contributed by atoms with Gasteiger partial charge >= 0.3 is 24.6 Å². The second-order valence-corrected chi connectivity index (χ2v) is 17.2. The number of halogens is 3. The van der Waals surface area contributed by atoms with Gasteiger partial charge in [0.25, 0.3) is 0 Å². The summed E-state index contributed by atoms with van der Waals surface area (Å²) in [6.07, 6.45) is -7.29. The summed E-state index contributed by atoms with van der Waals surface area (Å²) < 4.78 is 92.7. The molecule has 0 saturated heterocycles. The number of hydrogen-bond acceptors (Lipinski definition) is 12. The molecule has 0 aliphatic rings. The molecule has 0 N–H and O–H groups in total. The van der Waals surface area contributed by atoms with E-state index in [9.17, 15) is 40.5 Å². The number of carbonyl (C=O) groups excluding carboxylic acids is 3. The van der Waals surface area contributed by atoms with Gasteiger partial charge in [0.1, 0.15) is 49.9 Å². The van der Waals surface area contributed by atoms with Crippen LogP contribution in [0.4, 0.5) is 27.6 Å². The van der Waals surface area contributed by atoms with E-state index < -0.39 is 68.2 Å². The Morgan fingerprint density at radius 3 is 0.923 bits per heavy atom. The van der Waals surface area contributed by atoms with E-state index in [4.69, 9.17) is 28.4 Å². The number of carbonyl (C=O) groups is 3. The molecular formula is C35H41F3O12S2. The average Bonchev–Trinajstić information content (AvgIpc) is 2.91. The first kappa shape index (κ1) is 43.7. The third-order valence-corrected chi connectivity index (χ3v) is 8.20. The molecule has 12 nitrogen and oxygen atoms in total. The van der Waals surface area contributed by atoms with Crippen LogP contribution in [0, 0.1) is 0 Å². The first-order valence-corrected chi connectivity index (χ1v) is 18.1. The molecule has 52 heavy (non-hydrogen) atoms. The molecule has 0 atom stereocenters. The lowest BCUT2D eigenvalue weighted by atomic mass is 10.2. The summed E-state index contributed by atoms with van der Waals surface area (Å²) in [5, 5.41) is 0. The van der Waals surface area contributed by atoms with Gasteiger partial charge in [-0.3, -0.25) is 0 Å². The van der Waals surface area contributed by atoms with E-state index in [1.165, 1.54) is 0 Å². The van der Waals surface area contributed by atoms with E-state index >= 15 is 0 Å². The minimum atomic E-state index is -5.16. The molecule has 0 aliphatic carbocycles. The predicted molar refractivity (Wildman–Crippen MR) is 183 cm³/mol. The molecule has 0 bridgehead atoms. The smallest absolute Gasteiger partial charge is 0.514 e. The molecule has 3 rings (SSSR count). The summed E-state index contributed by atoms with van der Waals surface area (Å²) >= 11 is 0. The van der Waals surface area contributed by atoms with Gasteiger partial charge in [0, 0.05) is 0 Å². The van der Waals surface area contributed by atoms with Crippen molar-refractivity contribution in [3.63, 3.8) is 0 Å². The summed E-state index contributed by atoms with van der Waals surface area (Å²) in [6.45, 7) is 15.8. The molecular weight excluding hydrogens is 734 g/mol. The molecule has 0 aromatic heterocycles. The van der Waals surface area contributed by atoms with Crippen molar-refractivity contribution >= 4 is 39.5 Å². The Labute approximate surface area is 303 Å². The van der Waals surface area contributed by atoms with E-state index in [-0.39, 0.29) is 0 Å². The number of rotatable bonds is 7. The van der Waals surface area contributed by atoms with E-state index in [2.05, 4.69) is 0 Å². The van der Waals surface area contributed by atoms with Crippen LogP contribution in [-0.4, -0.2) is 60.2 Å². The van der Waals surface area contributed by atoms with Gasteiger partial charge in [0.15, 0.2) is 14.7 Å². The number of ether oxygens (including phenoxy) is 6. The lowest BCUT2D eigenvalue weighted by Crippen LogP contribution is -2.26. The van der Waals surface area contributed by atoms with E-state index in [0.29, 0.717) is 17.2 Å². The van der Waals surface area contributed by atoms with E-state index in [1.54, 1.807) is 98.7 Å². The minimum Gasteiger partial charge on any atom is -0.748 e. The highest BCUT2D eigenvalue weighted by atomic mass is 32.2. The minimum absolute atomic E-state index is 0.337. The molecule has 0 aliphatic heterocycles. The topological polar surface area (TPSA) is 164 Å². The molecule has 0 unspecified atom stereocenters. The average molecular weight is 775 g/mol. The summed E-state index contributed by atoms with van der Waals surface area (Å²) in [7, 11) is -5.80. The molecule has 0 radical (unpaired) electrons. The van der Waals surface area contributed by atoms with Gasteiger partial charge in [-0.05, 0) is 135 Å². The van der Waals surface area contributed by atoms with Crippen molar-refractivity contribution in [2.24, 2.45) is 0 Å². The second-order valence-electron chi connectivity index (χ2n) is 13.7. The maximum absolute atomic E-state index is 12.1. The van der Waals surface area contributed by atoms with Crippen LogP contribution in [0.15, 0.2) is 87.5 Å². The zero-order chi connectivity index (χ0) is 39.7. The van der Waals surface area contributed by atoms with Crippen molar-refractivity contribution in [2.75, 3.05) is 5.75 Å². The molecule has 286 valence electrons. The first-order chi connectivity index (χ1) is 23.6. The molecule has 3 aromatic carbocycles. The third kappa shape index (κ3) is 18.1. The van der Waals surface area contributed by atoms with Gasteiger partial charge in [0.05, 0.1) is 10.9 Å². The van der Waals surface area contributed by atoms with Crippen LogP contribution < -0.4 is 14.2 Å². The van der Waals surface area contributed by atoms with E-state index in [0.717, 1.165) is 14.7 Å². The summed E-state index contributed by atoms with van der Waals surface area (Å²) in [5.74, 6) is -1.28. The second kappa shape index (κ2) is 17.4. The van der Waals surface area contributed by atoms with Crippen molar-refractivity contribution in [2.45, 2.75) is 100.0 Å². The molecule has 0 fully saturated rings. The molecule has 0 amide bonds. The Morgan fingerprint density at radius 1 is 0.538 bits per heavy atom. The normalized spacial score (nSPS) is 12.2. The Balaban J connectivity index is 0.000000916. The Morgan fingerprint density at radius 2 is 0.769 bits per heavy atom. The fraction of sp³-hybridized carbons (Fsp3) is 0.400. The first-order valence-electron chi connectivity index (χ1n) is 15.3. The van der Waals surface area contributed by atoms with Crippen LogP contribution in [-0.2, 0) is 35.2 Å². The van der Waals surface area contributed by atoms with Gasteiger partial charge in [-0.15, -0.1) is 0 Å². The van der Waals surface area contributed by atoms with Crippen molar-refractivity contribution < 1.29 is 68.9 Å². The highest BCUT2D eigenvalue weighted by Crippen LogP contribution is 2.34. The Hall–Kier alpha value is -4.48. The van der Waals surface area contributed by atoms with Crippen LogP contribution in [0.3, 0.4) is 0 Å². The SMILES string of the molecule is CC(C)(C)OC(=O)Oc1ccc([S+](c2ccc(OC(=O)OC(C)(C)C)cc2)c2ccc(OC(=O)OC(C)(C)C)cc2)cc1.O=S(=O)([O-])CC(F)(F)F. The van der Waals surface area contributed by atoms with Crippen molar-refractivity contribution in [3.8, 4) is 17.2 Å². The van der Waals surface area contributed by atoms with Crippen LogP contribution in [0.1, 0.15) is 62.3 Å². The number of alkyl halides is 3. The van der Waals surface area contributed by atoms with Crippen LogP contribution >= 0.6 is 0 Å². The maximum Gasteiger partial charge on any atom is 0.514 e. The van der Waals surface area contributed by atoms with Crippen molar-refractivity contribution in [3.05, 3.63) is 72.8 Å². The molecule has 17 heteroatoms. The fourth-order valence-electron chi connectivity index (χ4n) is 3.64. The van der Waals surface area contributed by atoms with Gasteiger partial charge < -0.3 is 33.0 Å². The lowest BCUT2D eigenvalue weighted by Gasteiger charge is -2.19. The Bertz CT molecular complexity index is 1580. The number of benzene rings is 3. The quantitative estimate of drug-likeness (QED) is 0.0738. The van der Waals surface area contributed by atoms with Crippen LogP contribution in [0.5, 0.6) is 17.2 Å². The highest BCUT2D eigenvalue weighted by Gasteiger charge is 2.31. The standard InChI is InChI=1S/C33H39O9S.C2H3F3O3S/c1-31(2,3)40-28(34)37-22-10-16-25(17-11-22)43(26-18-12-23(13-19-26)38-29(35)41-32(4,5)6)27-20-14-24(15-21-27)39-30(36)42-33(7,8)9;3-2(4,5)1-9(6,7)8/h10-21H,1-9H3;1H2,(H,6,7,8)/q+1;/p-1. The van der Waals surface area contributed by atoms with Crippen molar-refractivity contribution in [1.82, 2.24) is 0 Å². The van der Waals surface area contributed by atoms with Crippen LogP contribution in [0.2, 0.25) is 0 Å². The molecule has 0 heterocycles. The van der Waals surface area contributed by atoms with E-state index in [1.807, 2.05) is 36.4 Å². The van der Waals surface area contributed by atoms with Crippen molar-refractivity contribution in [1.29, 1.82) is 0 Å². The fourth-order valence-corrected chi connectivity index (χ4v) is 6.08. The summed E-state index contributed by atoms with van der Waals surface area (Å²) in [6, 6.07) is 21.3. The van der Waals surface area contributed by atoms with Crippen LogP contribution in [0.25, 0.3) is 0 Å². The monoisotopic (exact) mass is 774 g/mol. The summed E-state index contributed by atoms with van der Waals surface area (Å²) in [4.78, 5) is 39.1. The van der Waals surface area contributed by atoms with Gasteiger partial charge in [0.2, 0.25) is 0 Å². The lowest BCUT2D eigenvalue weighted by molar-refractivity contribution is -0.107. The highest BCUT2D eigenvalue weighted by molar-refractivity contribution is 7.97. The predicted octanol–water partition coefficient (Wildman–Crippen LogP) is 8.82. The van der Waals surface area contributed by atoms with Gasteiger partial charge in [-0.1, -0.05) is 0 Å². The Kier molecular flexibility index (Phi) is 14.6.